The fourth-order valence-corrected chi connectivity index (χ4v) is 1.96. The number of rotatable bonds is 3. The van der Waals surface area contributed by atoms with Crippen LogP contribution in [-0.4, -0.2) is 18.2 Å². The van der Waals surface area contributed by atoms with E-state index in [1.807, 2.05) is 61.5 Å². The molecule has 1 unspecified atom stereocenters. The van der Waals surface area contributed by atoms with Crippen molar-refractivity contribution in [1.29, 1.82) is 0 Å². The molecule has 0 fully saturated rings. The van der Waals surface area contributed by atoms with Crippen molar-refractivity contribution >= 4 is 23.5 Å². The summed E-state index contributed by atoms with van der Waals surface area (Å²) >= 11 is 0. The molecule has 1 atom stereocenters. The summed E-state index contributed by atoms with van der Waals surface area (Å²) in [5.41, 5.74) is 2.58. The highest BCUT2D eigenvalue weighted by molar-refractivity contribution is 6.11. The van der Waals surface area contributed by atoms with Gasteiger partial charge in [0, 0.05) is 0 Å². The van der Waals surface area contributed by atoms with Crippen LogP contribution in [0.3, 0.4) is 0 Å². The van der Waals surface area contributed by atoms with Gasteiger partial charge in [-0.2, -0.15) is 20.3 Å². The van der Waals surface area contributed by atoms with E-state index in [4.69, 9.17) is 0 Å². The summed E-state index contributed by atoms with van der Waals surface area (Å²) in [5, 5.41) is 13.6. The molecule has 104 valence electrons. The summed E-state index contributed by atoms with van der Waals surface area (Å²) < 4.78 is 0. The van der Waals surface area contributed by atoms with Gasteiger partial charge < -0.3 is 0 Å². The van der Waals surface area contributed by atoms with Gasteiger partial charge in [-0.15, -0.1) is 0 Å². The lowest BCUT2D eigenvalue weighted by molar-refractivity contribution is -0.117. The minimum atomic E-state index is -0.661. The zero-order valence-electron chi connectivity index (χ0n) is 11.5. The van der Waals surface area contributed by atoms with Crippen molar-refractivity contribution in [3.05, 3.63) is 60.2 Å². The number of carbonyl (C=O) groups is 1. The molecule has 1 aliphatic heterocycles. The molecule has 0 spiro atoms. The fraction of sp³-hybridized carbons (Fsp3) is 0.125. The van der Waals surface area contributed by atoms with E-state index < -0.39 is 6.04 Å². The topological polar surface area (TPSA) is 57.4 Å². The third-order valence-corrected chi connectivity index (χ3v) is 3.12. The van der Waals surface area contributed by atoms with E-state index in [0.29, 0.717) is 5.69 Å². The smallest absolute Gasteiger partial charge is 0.269 e. The predicted molar refractivity (Wildman–Crippen MR) is 81.9 cm³/mol. The van der Waals surface area contributed by atoms with Crippen LogP contribution in [0.15, 0.2) is 69.9 Å². The molecule has 3 rings (SSSR count). The van der Waals surface area contributed by atoms with Crippen molar-refractivity contribution in [3.8, 4) is 0 Å². The molecule has 5 nitrogen and oxygen atoms in total. The van der Waals surface area contributed by atoms with E-state index in [1.54, 1.807) is 0 Å². The number of hydrogen-bond donors (Lipinski definition) is 0. The molecule has 0 saturated heterocycles. The van der Waals surface area contributed by atoms with Crippen molar-refractivity contribution < 1.29 is 4.79 Å². The summed E-state index contributed by atoms with van der Waals surface area (Å²) in [4.78, 5) is 12.3. The molecule has 0 aromatic heterocycles. The Hall–Kier alpha value is -2.82. The van der Waals surface area contributed by atoms with E-state index in [9.17, 15) is 4.79 Å². The van der Waals surface area contributed by atoms with Crippen LogP contribution >= 0.6 is 0 Å². The summed E-state index contributed by atoms with van der Waals surface area (Å²) in [5.74, 6) is -0.196. The van der Waals surface area contributed by atoms with E-state index >= 15 is 0 Å². The maximum absolute atomic E-state index is 12.3. The zero-order valence-corrected chi connectivity index (χ0v) is 11.5. The Bertz CT molecular complexity index is 692. The first-order valence-corrected chi connectivity index (χ1v) is 6.65. The van der Waals surface area contributed by atoms with Crippen LogP contribution in [0.1, 0.15) is 5.56 Å². The number of amides is 1. The lowest BCUT2D eigenvalue weighted by atomic mass is 10.2. The van der Waals surface area contributed by atoms with Gasteiger partial charge in [-0.3, -0.25) is 4.79 Å². The van der Waals surface area contributed by atoms with Crippen molar-refractivity contribution in [3.63, 3.8) is 0 Å². The minimum Gasteiger partial charge on any atom is -0.269 e. The van der Waals surface area contributed by atoms with Crippen molar-refractivity contribution in [2.45, 2.75) is 13.0 Å². The SMILES string of the molecule is Cc1ccc(N2N=CC(N=Nc3ccccc3)C2=O)cc1. The summed E-state index contributed by atoms with van der Waals surface area (Å²) in [6.07, 6.45) is 1.51. The lowest BCUT2D eigenvalue weighted by Crippen LogP contribution is -2.28. The Labute approximate surface area is 122 Å². The van der Waals surface area contributed by atoms with E-state index in [-0.39, 0.29) is 5.91 Å². The van der Waals surface area contributed by atoms with Crippen LogP contribution in [0, 0.1) is 6.92 Å². The number of aryl methyl sites for hydroxylation is 1. The van der Waals surface area contributed by atoms with Gasteiger partial charge in [-0.05, 0) is 31.2 Å². The number of anilines is 1. The molecular weight excluding hydrogens is 264 g/mol. The Morgan fingerprint density at radius 2 is 1.76 bits per heavy atom. The maximum Gasteiger partial charge on any atom is 0.279 e. The minimum absolute atomic E-state index is 0.196. The molecule has 21 heavy (non-hydrogen) atoms. The van der Waals surface area contributed by atoms with Gasteiger partial charge in [0.15, 0.2) is 6.04 Å². The first kappa shape index (κ1) is 13.2. The standard InChI is InChI=1S/C16H14N4O/c1-12-7-9-14(10-8-12)20-16(21)15(11-17-20)19-18-13-5-3-2-4-6-13/h2-11,15H,1H3. The number of azo groups is 1. The lowest BCUT2D eigenvalue weighted by Gasteiger charge is -2.12. The highest BCUT2D eigenvalue weighted by atomic mass is 16.2. The van der Waals surface area contributed by atoms with Crippen LogP contribution in [0.25, 0.3) is 0 Å². The van der Waals surface area contributed by atoms with Crippen molar-refractivity contribution in [2.75, 3.05) is 5.01 Å². The Balaban J connectivity index is 1.74. The first-order valence-electron chi connectivity index (χ1n) is 6.65. The van der Waals surface area contributed by atoms with Crippen LogP contribution in [0.2, 0.25) is 0 Å². The number of hydrazone groups is 1. The van der Waals surface area contributed by atoms with E-state index in [1.165, 1.54) is 11.2 Å². The van der Waals surface area contributed by atoms with Gasteiger partial charge in [-0.1, -0.05) is 35.9 Å². The maximum atomic E-state index is 12.3. The molecular formula is C16H14N4O. The number of carbonyl (C=O) groups excluding carboxylic acids is 1. The second-order valence-corrected chi connectivity index (χ2v) is 4.75. The van der Waals surface area contributed by atoms with E-state index in [2.05, 4.69) is 15.3 Å². The van der Waals surface area contributed by atoms with Gasteiger partial charge in [0.1, 0.15) is 0 Å². The van der Waals surface area contributed by atoms with Crippen LogP contribution < -0.4 is 5.01 Å². The van der Waals surface area contributed by atoms with Gasteiger partial charge >= 0.3 is 0 Å². The first-order chi connectivity index (χ1) is 10.2. The molecule has 1 aliphatic rings. The summed E-state index contributed by atoms with van der Waals surface area (Å²) in [6.45, 7) is 2.00. The molecule has 1 amide bonds. The Kier molecular flexibility index (Phi) is 3.55. The predicted octanol–water partition coefficient (Wildman–Crippen LogP) is 3.48. The number of hydrogen-bond acceptors (Lipinski definition) is 4. The summed E-state index contributed by atoms with van der Waals surface area (Å²) in [6, 6.07) is 16.3. The average Bonchev–Trinajstić information content (AvgIpc) is 2.88. The molecule has 0 radical (unpaired) electrons. The second-order valence-electron chi connectivity index (χ2n) is 4.75. The van der Waals surface area contributed by atoms with Crippen LogP contribution in [0.4, 0.5) is 11.4 Å². The van der Waals surface area contributed by atoms with Gasteiger partial charge in [0.05, 0.1) is 17.6 Å². The largest absolute Gasteiger partial charge is 0.279 e. The third-order valence-electron chi connectivity index (χ3n) is 3.12. The fourth-order valence-electron chi connectivity index (χ4n) is 1.96. The van der Waals surface area contributed by atoms with Gasteiger partial charge in [-0.25, -0.2) is 0 Å². The van der Waals surface area contributed by atoms with Crippen LogP contribution in [0.5, 0.6) is 0 Å². The molecule has 0 bridgehead atoms. The molecule has 1 heterocycles. The monoisotopic (exact) mass is 278 g/mol. The zero-order chi connectivity index (χ0) is 14.7. The quantitative estimate of drug-likeness (QED) is 0.793. The average molecular weight is 278 g/mol. The molecule has 0 N–H and O–H groups in total. The van der Waals surface area contributed by atoms with E-state index in [0.717, 1.165) is 11.3 Å². The van der Waals surface area contributed by atoms with Crippen molar-refractivity contribution in [1.82, 2.24) is 0 Å². The van der Waals surface area contributed by atoms with Crippen molar-refractivity contribution in [2.24, 2.45) is 15.3 Å². The van der Waals surface area contributed by atoms with Crippen LogP contribution in [-0.2, 0) is 4.79 Å². The molecule has 5 heteroatoms. The molecule has 0 saturated carbocycles. The second kappa shape index (κ2) is 5.66. The highest BCUT2D eigenvalue weighted by Gasteiger charge is 2.29. The third kappa shape index (κ3) is 2.86. The highest BCUT2D eigenvalue weighted by Crippen LogP contribution is 2.21. The number of benzene rings is 2. The Morgan fingerprint density at radius 1 is 1.05 bits per heavy atom. The Morgan fingerprint density at radius 3 is 2.48 bits per heavy atom. The van der Waals surface area contributed by atoms with Gasteiger partial charge in [0.25, 0.3) is 5.91 Å². The molecule has 0 aliphatic carbocycles. The summed E-state index contributed by atoms with van der Waals surface area (Å²) in [7, 11) is 0. The molecule has 2 aromatic carbocycles. The van der Waals surface area contributed by atoms with Gasteiger partial charge in [0.2, 0.25) is 0 Å². The number of nitrogens with zero attached hydrogens (tertiary/aromatic N) is 4. The molecule has 2 aromatic rings. The normalized spacial score (nSPS) is 17.9.